The minimum atomic E-state index is 0.258. The summed E-state index contributed by atoms with van der Waals surface area (Å²) in [5.41, 5.74) is 0. The van der Waals surface area contributed by atoms with Crippen LogP contribution in [0.3, 0.4) is 0 Å². The highest BCUT2D eigenvalue weighted by atomic mass is 35.5. The second-order valence-corrected chi connectivity index (χ2v) is 4.21. The molecule has 1 aromatic heterocycles. The number of anilines is 1. The molecule has 1 unspecified atom stereocenters. The predicted molar refractivity (Wildman–Crippen MR) is 59.9 cm³/mol. The van der Waals surface area contributed by atoms with Crippen LogP contribution in [0.4, 0.5) is 6.01 Å². The largest absolute Gasteiger partial charge is 0.407 e. The molecule has 1 aromatic rings. The van der Waals surface area contributed by atoms with Gasteiger partial charge in [-0.15, -0.1) is 16.7 Å². The monoisotopic (exact) mass is 235 g/mol. The van der Waals surface area contributed by atoms with Gasteiger partial charge in [-0.3, -0.25) is 0 Å². The van der Waals surface area contributed by atoms with Gasteiger partial charge in [0.25, 0.3) is 0 Å². The van der Waals surface area contributed by atoms with Gasteiger partial charge in [0.2, 0.25) is 5.89 Å². The van der Waals surface area contributed by atoms with Gasteiger partial charge in [0, 0.05) is 6.04 Å². The van der Waals surface area contributed by atoms with Gasteiger partial charge in [0.15, 0.2) is 0 Å². The van der Waals surface area contributed by atoms with Gasteiger partial charge < -0.3 is 9.73 Å². The zero-order chi connectivity index (χ0) is 10.4. The molecule has 0 bridgehead atoms. The van der Waals surface area contributed by atoms with Crippen LogP contribution in [0.25, 0.3) is 0 Å². The molecule has 0 aromatic carbocycles. The van der Waals surface area contributed by atoms with Crippen LogP contribution in [0, 0.1) is 0 Å². The van der Waals surface area contributed by atoms with Crippen molar-refractivity contribution in [1.29, 1.82) is 0 Å². The molecule has 0 aliphatic carbocycles. The van der Waals surface area contributed by atoms with E-state index >= 15 is 0 Å². The Morgan fingerprint density at radius 2 is 2.36 bits per heavy atom. The first-order valence-corrected chi connectivity index (χ1v) is 6.33. The molecule has 1 N–H and O–H groups in total. The molecule has 0 saturated heterocycles. The summed E-state index contributed by atoms with van der Waals surface area (Å²) in [6, 6.07) is 0.792. The Kier molecular flexibility index (Phi) is 5.11. The minimum absolute atomic E-state index is 0.258. The van der Waals surface area contributed by atoms with Crippen molar-refractivity contribution >= 4 is 29.4 Å². The number of aromatic nitrogens is 2. The second-order valence-electron chi connectivity index (χ2n) is 2.96. The van der Waals surface area contributed by atoms with E-state index in [0.717, 1.165) is 12.2 Å². The van der Waals surface area contributed by atoms with E-state index in [1.165, 1.54) is 0 Å². The van der Waals surface area contributed by atoms with E-state index in [9.17, 15) is 0 Å². The van der Waals surface area contributed by atoms with E-state index in [0.29, 0.717) is 17.9 Å². The number of hydrogen-bond acceptors (Lipinski definition) is 5. The summed E-state index contributed by atoms with van der Waals surface area (Å²) in [5.74, 6) is 1.82. The van der Waals surface area contributed by atoms with Crippen LogP contribution in [0.5, 0.6) is 0 Å². The highest BCUT2D eigenvalue weighted by Gasteiger charge is 2.07. The van der Waals surface area contributed by atoms with Crippen molar-refractivity contribution in [2.75, 3.05) is 17.3 Å². The molecule has 0 aliphatic rings. The lowest BCUT2D eigenvalue weighted by Crippen LogP contribution is -2.16. The highest BCUT2D eigenvalue weighted by Crippen LogP contribution is 2.10. The van der Waals surface area contributed by atoms with Crippen molar-refractivity contribution < 1.29 is 4.42 Å². The first-order chi connectivity index (χ1) is 6.76. The van der Waals surface area contributed by atoms with Crippen molar-refractivity contribution in [2.45, 2.75) is 25.3 Å². The van der Waals surface area contributed by atoms with Crippen molar-refractivity contribution in [3.8, 4) is 0 Å². The van der Waals surface area contributed by atoms with Crippen molar-refractivity contribution in [1.82, 2.24) is 10.2 Å². The molecule has 4 nitrogen and oxygen atoms in total. The Labute approximate surface area is 92.8 Å². The zero-order valence-corrected chi connectivity index (χ0v) is 9.86. The van der Waals surface area contributed by atoms with E-state index in [2.05, 4.69) is 28.7 Å². The Bertz CT molecular complexity index is 269. The molecule has 0 radical (unpaired) electrons. The fourth-order valence-corrected chi connectivity index (χ4v) is 1.64. The smallest absolute Gasteiger partial charge is 0.315 e. The molecule has 14 heavy (non-hydrogen) atoms. The van der Waals surface area contributed by atoms with Gasteiger partial charge >= 0.3 is 6.01 Å². The number of halogens is 1. The SMILES string of the molecule is CSCCC(C)Nc1nnc(CCl)o1. The zero-order valence-electron chi connectivity index (χ0n) is 8.29. The maximum absolute atomic E-state index is 5.53. The number of rotatable bonds is 6. The standard InChI is InChI=1S/C8H14ClN3OS/c1-6(3-4-14-2)10-8-12-11-7(5-9)13-8/h6H,3-5H2,1-2H3,(H,10,12). The summed E-state index contributed by atoms with van der Waals surface area (Å²) in [5, 5.41) is 10.7. The highest BCUT2D eigenvalue weighted by molar-refractivity contribution is 7.98. The van der Waals surface area contributed by atoms with Gasteiger partial charge in [-0.05, 0) is 25.4 Å². The number of hydrogen-bond donors (Lipinski definition) is 1. The molecule has 1 heterocycles. The average Bonchev–Trinajstić information content (AvgIpc) is 2.62. The maximum Gasteiger partial charge on any atom is 0.315 e. The Hall–Kier alpha value is -0.420. The van der Waals surface area contributed by atoms with Crippen LogP contribution < -0.4 is 5.32 Å². The Morgan fingerprint density at radius 1 is 1.57 bits per heavy atom. The Morgan fingerprint density at radius 3 is 2.93 bits per heavy atom. The summed E-state index contributed by atoms with van der Waals surface area (Å²) >= 11 is 7.36. The number of nitrogens with one attached hydrogen (secondary N) is 1. The van der Waals surface area contributed by atoms with Crippen molar-refractivity contribution in [2.24, 2.45) is 0 Å². The molecule has 0 fully saturated rings. The quantitative estimate of drug-likeness (QED) is 0.768. The molecule has 1 rings (SSSR count). The minimum Gasteiger partial charge on any atom is -0.407 e. The first-order valence-electron chi connectivity index (χ1n) is 4.40. The third-order valence-corrected chi connectivity index (χ3v) is 2.58. The number of alkyl halides is 1. The third-order valence-electron chi connectivity index (χ3n) is 1.71. The van der Waals surface area contributed by atoms with Crippen molar-refractivity contribution in [3.05, 3.63) is 5.89 Å². The van der Waals surface area contributed by atoms with Crippen LogP contribution in [0.15, 0.2) is 4.42 Å². The lowest BCUT2D eigenvalue weighted by Gasteiger charge is -2.09. The summed E-state index contributed by atoms with van der Waals surface area (Å²) in [7, 11) is 0. The number of thioether (sulfide) groups is 1. The molecule has 0 saturated carbocycles. The van der Waals surface area contributed by atoms with Crippen LogP contribution >= 0.6 is 23.4 Å². The van der Waals surface area contributed by atoms with Crippen molar-refractivity contribution in [3.63, 3.8) is 0 Å². The average molecular weight is 236 g/mol. The van der Waals surface area contributed by atoms with E-state index in [4.69, 9.17) is 16.0 Å². The number of nitrogens with zero attached hydrogens (tertiary/aromatic N) is 2. The van der Waals surface area contributed by atoms with Gasteiger partial charge in [-0.25, -0.2) is 0 Å². The van der Waals surface area contributed by atoms with Gasteiger partial charge in [0.05, 0.1) is 0 Å². The van der Waals surface area contributed by atoms with Crippen LogP contribution in [0.2, 0.25) is 0 Å². The molecular weight excluding hydrogens is 222 g/mol. The maximum atomic E-state index is 5.53. The molecule has 80 valence electrons. The second kappa shape index (κ2) is 6.14. The van der Waals surface area contributed by atoms with Gasteiger partial charge in [0.1, 0.15) is 5.88 Å². The van der Waals surface area contributed by atoms with E-state index in [-0.39, 0.29) is 5.88 Å². The molecule has 0 aliphatic heterocycles. The van der Waals surface area contributed by atoms with Gasteiger partial charge in [-0.2, -0.15) is 11.8 Å². The topological polar surface area (TPSA) is 51.0 Å². The normalized spacial score (nSPS) is 12.8. The first kappa shape index (κ1) is 11.7. The lowest BCUT2D eigenvalue weighted by molar-refractivity contribution is 0.518. The fraction of sp³-hybridized carbons (Fsp3) is 0.750. The molecule has 1 atom stereocenters. The van der Waals surface area contributed by atoms with Crippen LogP contribution in [-0.2, 0) is 5.88 Å². The van der Waals surface area contributed by atoms with E-state index in [1.807, 2.05) is 11.8 Å². The molecule has 6 heteroatoms. The van der Waals surface area contributed by atoms with Crippen LogP contribution in [0.1, 0.15) is 19.2 Å². The summed E-state index contributed by atoms with van der Waals surface area (Å²) in [6.07, 6.45) is 3.16. The van der Waals surface area contributed by atoms with E-state index in [1.54, 1.807) is 0 Å². The fourth-order valence-electron chi connectivity index (χ4n) is 0.944. The van der Waals surface area contributed by atoms with Crippen LogP contribution in [-0.4, -0.2) is 28.2 Å². The van der Waals surface area contributed by atoms with E-state index < -0.39 is 0 Å². The third kappa shape index (κ3) is 3.75. The molecule has 0 spiro atoms. The molecular formula is C8H14ClN3OS. The summed E-state index contributed by atoms with van der Waals surface area (Å²) < 4.78 is 5.21. The molecule has 0 amide bonds. The summed E-state index contributed by atoms with van der Waals surface area (Å²) in [4.78, 5) is 0. The van der Waals surface area contributed by atoms with Gasteiger partial charge in [-0.1, -0.05) is 5.10 Å². The summed E-state index contributed by atoms with van der Waals surface area (Å²) in [6.45, 7) is 2.08. The Balaban J connectivity index is 2.35. The predicted octanol–water partition coefficient (Wildman–Crippen LogP) is 2.36. The lowest BCUT2D eigenvalue weighted by atomic mass is 10.3.